The zero-order chi connectivity index (χ0) is 18.1. The minimum atomic E-state index is 0.700. The molecule has 0 aliphatic carbocycles. The molecule has 6 nitrogen and oxygen atoms in total. The summed E-state index contributed by atoms with van der Waals surface area (Å²) in [4.78, 5) is 9.10. The van der Waals surface area contributed by atoms with Crippen LogP contribution in [0.25, 0.3) is 11.4 Å². The van der Waals surface area contributed by atoms with Crippen LogP contribution in [0.3, 0.4) is 0 Å². The Morgan fingerprint density at radius 3 is 2.54 bits per heavy atom. The summed E-state index contributed by atoms with van der Waals surface area (Å²) in [5, 5.41) is 8.58. The molecule has 0 radical (unpaired) electrons. The first-order valence-electron chi connectivity index (χ1n) is 8.38. The molecule has 136 valence electrons. The SMILES string of the molecule is Cn1c(-c2ccc(Cl)cc2)nn(CN2CCN(c3nccs3)CC2)c1=S. The van der Waals surface area contributed by atoms with Gasteiger partial charge in [-0.1, -0.05) is 11.6 Å². The van der Waals surface area contributed by atoms with Crippen molar-refractivity contribution < 1.29 is 0 Å². The van der Waals surface area contributed by atoms with Crippen LogP contribution in [0.1, 0.15) is 0 Å². The molecule has 1 aromatic carbocycles. The zero-order valence-electron chi connectivity index (χ0n) is 14.4. The van der Waals surface area contributed by atoms with E-state index < -0.39 is 0 Å². The Morgan fingerprint density at radius 2 is 1.88 bits per heavy atom. The van der Waals surface area contributed by atoms with Crippen LogP contribution in [0.2, 0.25) is 5.02 Å². The molecular weight excluding hydrogens is 388 g/mol. The highest BCUT2D eigenvalue weighted by atomic mass is 35.5. The normalized spacial score (nSPS) is 15.5. The van der Waals surface area contributed by atoms with Crippen molar-refractivity contribution in [3.05, 3.63) is 45.6 Å². The largest absolute Gasteiger partial charge is 0.346 e. The second kappa shape index (κ2) is 7.48. The number of hydrogen-bond donors (Lipinski definition) is 0. The summed E-state index contributed by atoms with van der Waals surface area (Å²) in [5.41, 5.74) is 1.01. The van der Waals surface area contributed by atoms with E-state index >= 15 is 0 Å². The maximum absolute atomic E-state index is 5.99. The number of aromatic nitrogens is 4. The fourth-order valence-corrected chi connectivity index (χ4v) is 4.08. The second-order valence-electron chi connectivity index (χ2n) is 6.23. The van der Waals surface area contributed by atoms with E-state index in [2.05, 4.69) is 14.8 Å². The number of thiazole rings is 1. The van der Waals surface area contributed by atoms with Crippen molar-refractivity contribution >= 4 is 40.3 Å². The van der Waals surface area contributed by atoms with E-state index in [0.29, 0.717) is 11.7 Å². The van der Waals surface area contributed by atoms with Gasteiger partial charge < -0.3 is 9.47 Å². The Kier molecular flexibility index (Phi) is 5.08. The van der Waals surface area contributed by atoms with E-state index in [9.17, 15) is 0 Å². The van der Waals surface area contributed by atoms with Crippen LogP contribution in [-0.4, -0.2) is 50.4 Å². The number of benzene rings is 1. The molecular formula is C17H19ClN6S2. The third kappa shape index (κ3) is 3.55. The van der Waals surface area contributed by atoms with Crippen LogP contribution in [0.5, 0.6) is 0 Å². The Hall–Kier alpha value is -1.74. The van der Waals surface area contributed by atoms with Gasteiger partial charge in [-0.3, -0.25) is 4.90 Å². The van der Waals surface area contributed by atoms with E-state index in [4.69, 9.17) is 28.9 Å². The summed E-state index contributed by atoms with van der Waals surface area (Å²) >= 11 is 13.3. The molecule has 0 spiro atoms. The highest BCUT2D eigenvalue weighted by Gasteiger charge is 2.20. The van der Waals surface area contributed by atoms with Gasteiger partial charge in [-0.05, 0) is 36.5 Å². The zero-order valence-corrected chi connectivity index (χ0v) is 16.8. The van der Waals surface area contributed by atoms with Gasteiger partial charge >= 0.3 is 0 Å². The van der Waals surface area contributed by atoms with Gasteiger partial charge in [0.15, 0.2) is 15.7 Å². The maximum atomic E-state index is 5.99. The summed E-state index contributed by atoms with van der Waals surface area (Å²) in [6.45, 7) is 4.57. The number of nitrogens with zero attached hydrogens (tertiary/aromatic N) is 6. The van der Waals surface area contributed by atoms with Gasteiger partial charge in [-0.2, -0.15) is 5.10 Å². The smallest absolute Gasteiger partial charge is 0.199 e. The van der Waals surface area contributed by atoms with Gasteiger partial charge in [0, 0.05) is 55.4 Å². The Balaban J connectivity index is 1.47. The number of anilines is 1. The molecule has 9 heteroatoms. The molecule has 1 aliphatic rings. The molecule has 0 amide bonds. The molecule has 0 bridgehead atoms. The molecule has 3 heterocycles. The van der Waals surface area contributed by atoms with Crippen molar-refractivity contribution in [3.63, 3.8) is 0 Å². The van der Waals surface area contributed by atoms with Crippen molar-refractivity contribution in [3.8, 4) is 11.4 Å². The van der Waals surface area contributed by atoms with Gasteiger partial charge in [-0.25, -0.2) is 9.67 Å². The Morgan fingerprint density at radius 1 is 1.15 bits per heavy atom. The summed E-state index contributed by atoms with van der Waals surface area (Å²) in [7, 11) is 1.95. The van der Waals surface area contributed by atoms with Gasteiger partial charge in [0.2, 0.25) is 0 Å². The quantitative estimate of drug-likeness (QED) is 0.620. The topological polar surface area (TPSA) is 42.1 Å². The van der Waals surface area contributed by atoms with Crippen LogP contribution >= 0.6 is 35.2 Å². The van der Waals surface area contributed by atoms with Crippen LogP contribution in [0.15, 0.2) is 35.8 Å². The fourth-order valence-electron chi connectivity index (χ4n) is 3.07. The molecule has 26 heavy (non-hydrogen) atoms. The summed E-state index contributed by atoms with van der Waals surface area (Å²) in [5.74, 6) is 0.855. The molecule has 0 unspecified atom stereocenters. The maximum Gasteiger partial charge on any atom is 0.199 e. The van der Waals surface area contributed by atoms with E-state index in [1.807, 2.05) is 52.1 Å². The Bertz CT molecular complexity index is 923. The lowest BCUT2D eigenvalue weighted by Gasteiger charge is -2.34. The Labute approximate surface area is 166 Å². The number of halogens is 1. The molecule has 0 saturated carbocycles. The van der Waals surface area contributed by atoms with Gasteiger partial charge in [-0.15, -0.1) is 11.3 Å². The van der Waals surface area contributed by atoms with Crippen LogP contribution in [0, 0.1) is 4.77 Å². The third-order valence-corrected chi connectivity index (χ3v) is 6.11. The highest BCUT2D eigenvalue weighted by Crippen LogP contribution is 2.21. The lowest BCUT2D eigenvalue weighted by atomic mass is 10.2. The average molecular weight is 407 g/mol. The second-order valence-corrected chi connectivity index (χ2v) is 7.91. The molecule has 1 saturated heterocycles. The third-order valence-electron chi connectivity index (χ3n) is 4.54. The summed E-state index contributed by atoms with van der Waals surface area (Å²) in [6.07, 6.45) is 1.86. The van der Waals surface area contributed by atoms with Crippen LogP contribution < -0.4 is 4.90 Å². The molecule has 1 fully saturated rings. The monoisotopic (exact) mass is 406 g/mol. The van der Waals surface area contributed by atoms with Crippen molar-refractivity contribution in [2.75, 3.05) is 31.1 Å². The predicted molar refractivity (Wildman–Crippen MR) is 108 cm³/mol. The summed E-state index contributed by atoms with van der Waals surface area (Å²) < 4.78 is 4.57. The minimum Gasteiger partial charge on any atom is -0.346 e. The molecule has 1 aliphatic heterocycles. The van der Waals surface area contributed by atoms with Gasteiger partial charge in [0.25, 0.3) is 0 Å². The van der Waals surface area contributed by atoms with E-state index in [1.54, 1.807) is 11.3 Å². The molecule has 0 N–H and O–H groups in total. The molecule has 0 atom stereocenters. The van der Waals surface area contributed by atoms with E-state index in [1.165, 1.54) is 0 Å². The predicted octanol–water partition coefficient (Wildman–Crippen LogP) is 3.51. The van der Waals surface area contributed by atoms with Crippen molar-refractivity contribution in [2.45, 2.75) is 6.67 Å². The van der Waals surface area contributed by atoms with E-state index in [0.717, 1.165) is 47.5 Å². The molecule has 4 rings (SSSR count). The first kappa shape index (κ1) is 17.7. The number of piperazine rings is 1. The minimum absolute atomic E-state index is 0.700. The average Bonchev–Trinajstić information content (AvgIpc) is 3.28. The molecule has 3 aromatic rings. The van der Waals surface area contributed by atoms with E-state index in [-0.39, 0.29) is 0 Å². The lowest BCUT2D eigenvalue weighted by Crippen LogP contribution is -2.46. The van der Waals surface area contributed by atoms with Crippen molar-refractivity contribution in [1.82, 2.24) is 24.2 Å². The first-order valence-corrected chi connectivity index (χ1v) is 10.0. The van der Waals surface area contributed by atoms with Crippen molar-refractivity contribution in [1.29, 1.82) is 0 Å². The highest BCUT2D eigenvalue weighted by molar-refractivity contribution is 7.71. The number of hydrogen-bond acceptors (Lipinski definition) is 6. The first-order chi connectivity index (χ1) is 12.6. The van der Waals surface area contributed by atoms with Gasteiger partial charge in [0.05, 0.1) is 6.67 Å². The molecule has 2 aromatic heterocycles. The fraction of sp³-hybridized carbons (Fsp3) is 0.353. The van der Waals surface area contributed by atoms with Crippen molar-refractivity contribution in [2.24, 2.45) is 7.05 Å². The lowest BCUT2D eigenvalue weighted by molar-refractivity contribution is 0.194. The standard InChI is InChI=1S/C17H19ClN6S2/c1-21-15(13-2-4-14(18)5-3-13)20-24(17(21)25)12-22-7-9-23(10-8-22)16-19-6-11-26-16/h2-6,11H,7-10,12H2,1H3. The van der Waals surface area contributed by atoms with Gasteiger partial charge in [0.1, 0.15) is 0 Å². The summed E-state index contributed by atoms with van der Waals surface area (Å²) in [6, 6.07) is 7.68. The van der Waals surface area contributed by atoms with Crippen LogP contribution in [-0.2, 0) is 13.7 Å². The number of rotatable bonds is 4. The van der Waals surface area contributed by atoms with Crippen LogP contribution in [0.4, 0.5) is 5.13 Å².